The summed E-state index contributed by atoms with van der Waals surface area (Å²) in [5.41, 5.74) is -1.12. The second-order valence-electron chi connectivity index (χ2n) is 1.60. The molecule has 0 aliphatic carbocycles. The number of hydrogen-bond acceptors (Lipinski definition) is 2. The van der Waals surface area contributed by atoms with E-state index in [1.165, 1.54) is 0 Å². The molecule has 0 bridgehead atoms. The second kappa shape index (κ2) is 4.28. The van der Waals surface area contributed by atoms with Gasteiger partial charge in [-0.15, -0.1) is 5.98 Å². The number of rotatable bonds is 3. The van der Waals surface area contributed by atoms with Crippen molar-refractivity contribution in [1.82, 2.24) is 0 Å². The zero-order valence-electron chi connectivity index (χ0n) is 5.27. The van der Waals surface area contributed by atoms with Gasteiger partial charge >= 0.3 is 12.4 Å². The van der Waals surface area contributed by atoms with Gasteiger partial charge in [0.05, 0.1) is 0 Å². The van der Waals surface area contributed by atoms with Crippen LogP contribution < -0.4 is 0 Å². The zero-order chi connectivity index (χ0) is 8.91. The highest BCUT2D eigenvalue weighted by molar-refractivity contribution is 6.64. The van der Waals surface area contributed by atoms with Crippen LogP contribution >= 0.6 is 11.6 Å². The predicted molar refractivity (Wildman–Crippen MR) is 35.4 cm³/mol. The lowest BCUT2D eigenvalue weighted by atomic mass is 9.92. The Morgan fingerprint density at radius 1 is 1.55 bits per heavy atom. The van der Waals surface area contributed by atoms with Crippen molar-refractivity contribution >= 4 is 24.0 Å². The van der Waals surface area contributed by atoms with Crippen molar-refractivity contribution < 1.29 is 22.5 Å². The maximum atomic E-state index is 11.4. The van der Waals surface area contributed by atoms with Crippen LogP contribution in [0.4, 0.5) is 17.7 Å². The van der Waals surface area contributed by atoms with E-state index in [0.717, 1.165) is 0 Å². The van der Waals surface area contributed by atoms with Crippen LogP contribution in [0, 0.1) is 0 Å². The van der Waals surface area contributed by atoms with Crippen molar-refractivity contribution in [2.24, 2.45) is 0 Å². The smallest absolute Gasteiger partial charge is 0.450 e. The average Bonchev–Trinajstić information content (AvgIpc) is 1.78. The first kappa shape index (κ1) is 10.4. The molecule has 2 nitrogen and oxygen atoms in total. The Morgan fingerprint density at radius 2 is 2.09 bits per heavy atom. The summed E-state index contributed by atoms with van der Waals surface area (Å²) < 4.78 is 38.1. The normalized spacial score (nSPS) is 12.0. The van der Waals surface area contributed by atoms with E-state index in [-0.39, 0.29) is 5.98 Å². The van der Waals surface area contributed by atoms with Gasteiger partial charge in [0.2, 0.25) is 0 Å². The maximum absolute atomic E-state index is 11.4. The van der Waals surface area contributed by atoms with E-state index in [0.29, 0.717) is 6.08 Å². The molecule has 0 rings (SSSR count). The number of ether oxygens (including phenoxy) is 1. The van der Waals surface area contributed by atoms with Gasteiger partial charge in [-0.1, -0.05) is 6.08 Å². The molecule has 0 aliphatic rings. The molecule has 64 valence electrons. The van der Waals surface area contributed by atoms with Crippen LogP contribution in [-0.4, -0.2) is 19.0 Å². The molecule has 0 fully saturated rings. The van der Waals surface area contributed by atoms with E-state index >= 15 is 0 Å². The van der Waals surface area contributed by atoms with E-state index in [1.807, 2.05) is 0 Å². The Labute approximate surface area is 66.0 Å². The molecule has 0 atom stereocenters. The first-order valence-corrected chi connectivity index (χ1v) is 2.99. The number of hydrogen-bond donors (Lipinski definition) is 0. The van der Waals surface area contributed by atoms with E-state index in [2.05, 4.69) is 16.3 Å². The van der Waals surface area contributed by atoms with Crippen LogP contribution in [0.1, 0.15) is 0 Å². The highest BCUT2D eigenvalue weighted by atomic mass is 35.5. The summed E-state index contributed by atoms with van der Waals surface area (Å²) in [7, 11) is 0. The molecule has 0 amide bonds. The van der Waals surface area contributed by atoms with Crippen molar-refractivity contribution in [2.75, 3.05) is 6.61 Å². The largest absolute Gasteiger partial charge is 0.502 e. The van der Waals surface area contributed by atoms with Crippen LogP contribution in [0.5, 0.6) is 0 Å². The number of carbonyl (C=O) groups excluding carboxylic acids is 1. The molecule has 0 radical (unpaired) electrons. The molecule has 0 saturated carbocycles. The fraction of sp³-hybridized carbons (Fsp3) is 0.250. The summed E-state index contributed by atoms with van der Waals surface area (Å²) in [5.74, 6) is 0.0276. The Balaban J connectivity index is 3.54. The third kappa shape index (κ3) is 9.35. The van der Waals surface area contributed by atoms with Crippen molar-refractivity contribution in [3.05, 3.63) is 12.1 Å². The minimum atomic E-state index is -4.95. The van der Waals surface area contributed by atoms with Gasteiger partial charge < -0.3 is 17.7 Å². The molecule has 0 N–H and O–H groups in total. The Bertz CT molecular complexity index is 167. The quantitative estimate of drug-likeness (QED) is 0.500. The molecule has 0 saturated heterocycles. The van der Waals surface area contributed by atoms with Crippen molar-refractivity contribution in [1.29, 1.82) is 0 Å². The van der Waals surface area contributed by atoms with Crippen molar-refractivity contribution in [2.45, 2.75) is 0 Å². The monoisotopic (exact) mass is 187 g/mol. The van der Waals surface area contributed by atoms with Gasteiger partial charge in [-0.05, 0) is 0 Å². The van der Waals surface area contributed by atoms with Gasteiger partial charge in [-0.2, -0.15) is 0 Å². The van der Waals surface area contributed by atoms with Crippen molar-refractivity contribution in [3.8, 4) is 0 Å². The first-order chi connectivity index (χ1) is 4.92. The number of carbonyl (C=O) groups is 1. The van der Waals surface area contributed by atoms with Gasteiger partial charge in [-0.3, -0.25) is 0 Å². The van der Waals surface area contributed by atoms with E-state index in [1.54, 1.807) is 0 Å². The fourth-order valence-electron chi connectivity index (χ4n) is 0.323. The molecule has 0 aromatic carbocycles. The minimum Gasteiger partial charge on any atom is -0.450 e. The predicted octanol–water partition coefficient (Wildman–Crippen LogP) is 2.30. The zero-order valence-corrected chi connectivity index (χ0v) is 6.02. The second-order valence-corrected chi connectivity index (χ2v) is 1.91. The topological polar surface area (TPSA) is 26.3 Å². The molecule has 0 spiro atoms. The maximum Gasteiger partial charge on any atom is 0.502 e. The fourth-order valence-corrected chi connectivity index (χ4v) is 0.386. The SMILES string of the molecule is O=C(Cl)OC/C=C/[B-](F)(F)F. The van der Waals surface area contributed by atoms with Gasteiger partial charge in [0.15, 0.2) is 0 Å². The molecule has 0 heterocycles. The van der Waals surface area contributed by atoms with Crippen LogP contribution in [0.2, 0.25) is 0 Å². The molecular weight excluding hydrogens is 183 g/mol. The standard InChI is InChI=1S/C4H4BClF3O2/c6-4(10)11-3-1-2-5(7,8)9/h1-2H,3H2/q-1/b2-1+. The highest BCUT2D eigenvalue weighted by Gasteiger charge is 2.16. The summed E-state index contributed by atoms with van der Waals surface area (Å²) >= 11 is 4.66. The third-order valence-corrected chi connectivity index (χ3v) is 0.756. The summed E-state index contributed by atoms with van der Waals surface area (Å²) in [4.78, 5) is 9.80. The summed E-state index contributed by atoms with van der Waals surface area (Å²) in [5, 5.41) is 0. The molecule has 7 heteroatoms. The van der Waals surface area contributed by atoms with Crippen molar-refractivity contribution in [3.63, 3.8) is 0 Å². The lowest BCUT2D eigenvalue weighted by Gasteiger charge is -2.05. The third-order valence-electron chi connectivity index (χ3n) is 0.647. The molecule has 11 heavy (non-hydrogen) atoms. The highest BCUT2D eigenvalue weighted by Crippen LogP contribution is 2.08. The van der Waals surface area contributed by atoms with Crippen LogP contribution in [-0.2, 0) is 4.74 Å². The van der Waals surface area contributed by atoms with Gasteiger partial charge in [0.1, 0.15) is 6.61 Å². The lowest BCUT2D eigenvalue weighted by molar-refractivity contribution is 0.186. The van der Waals surface area contributed by atoms with E-state index in [4.69, 9.17) is 0 Å². The Morgan fingerprint density at radius 3 is 2.45 bits per heavy atom. The van der Waals surface area contributed by atoms with Crippen LogP contribution in [0.25, 0.3) is 0 Å². The molecular formula is C4H4BClF3O2-. The molecule has 0 aromatic heterocycles. The van der Waals surface area contributed by atoms with E-state index in [9.17, 15) is 17.7 Å². The van der Waals surface area contributed by atoms with E-state index < -0.39 is 19.0 Å². The summed E-state index contributed by atoms with van der Waals surface area (Å²) in [6, 6.07) is 0. The summed E-state index contributed by atoms with van der Waals surface area (Å²) in [6.07, 6.45) is 0.681. The van der Waals surface area contributed by atoms with Crippen LogP contribution in [0.15, 0.2) is 12.1 Å². The number of halogens is 4. The summed E-state index contributed by atoms with van der Waals surface area (Å²) in [6.45, 7) is -5.40. The van der Waals surface area contributed by atoms with Gasteiger partial charge in [0.25, 0.3) is 0 Å². The lowest BCUT2D eigenvalue weighted by Crippen LogP contribution is -2.10. The molecule has 0 aliphatic heterocycles. The first-order valence-electron chi connectivity index (χ1n) is 2.62. The van der Waals surface area contributed by atoms with Gasteiger partial charge in [-0.25, -0.2) is 4.79 Å². The Kier molecular flexibility index (Phi) is 4.03. The minimum absolute atomic E-state index is 0.0276. The van der Waals surface area contributed by atoms with Crippen LogP contribution in [0.3, 0.4) is 0 Å². The average molecular weight is 187 g/mol. The van der Waals surface area contributed by atoms with Gasteiger partial charge in [0, 0.05) is 11.6 Å². The Hall–Kier alpha value is -0.645. The molecule has 0 unspecified atom stereocenters. The molecule has 0 aromatic rings.